The Morgan fingerprint density at radius 2 is 1.81 bits per heavy atom. The number of carbonyl (C=O) groups excluding carboxylic acids is 1. The van der Waals surface area contributed by atoms with Gasteiger partial charge < -0.3 is 25.4 Å². The van der Waals surface area contributed by atoms with E-state index in [0.29, 0.717) is 24.7 Å². The first-order valence-corrected chi connectivity index (χ1v) is 8.73. The minimum Gasteiger partial charge on any atom is -0.508 e. The molecule has 0 aromatic heterocycles. The van der Waals surface area contributed by atoms with Crippen LogP contribution in [0.3, 0.4) is 0 Å². The molecule has 0 aliphatic carbocycles. The van der Waals surface area contributed by atoms with Gasteiger partial charge in [0.05, 0.1) is 7.11 Å². The van der Waals surface area contributed by atoms with Crippen molar-refractivity contribution in [2.24, 2.45) is 4.99 Å². The zero-order valence-electron chi connectivity index (χ0n) is 15.9. The summed E-state index contributed by atoms with van der Waals surface area (Å²) in [7, 11) is 3.56. The highest BCUT2D eigenvalue weighted by Crippen LogP contribution is 2.14. The first-order valence-electron chi connectivity index (χ1n) is 8.73. The van der Waals surface area contributed by atoms with Crippen LogP contribution in [0.2, 0.25) is 0 Å². The summed E-state index contributed by atoms with van der Waals surface area (Å²) in [5, 5.41) is 15.2. The van der Waals surface area contributed by atoms with Gasteiger partial charge in [0.1, 0.15) is 18.0 Å². The maximum Gasteiger partial charge on any atom is 0.246 e. The number of carbonyl (C=O) groups is 1. The summed E-state index contributed by atoms with van der Waals surface area (Å²) in [6.45, 7) is 3.32. The van der Waals surface area contributed by atoms with E-state index in [9.17, 15) is 9.90 Å². The normalized spacial score (nSPS) is 11.0. The molecule has 1 amide bonds. The number of nitrogens with one attached hydrogen (secondary N) is 2. The van der Waals surface area contributed by atoms with E-state index >= 15 is 0 Å². The van der Waals surface area contributed by atoms with Gasteiger partial charge in [-0.05, 0) is 48.9 Å². The molecule has 0 spiro atoms. The minimum absolute atomic E-state index is 0.00381. The van der Waals surface area contributed by atoms with Crippen molar-refractivity contribution in [2.75, 3.05) is 32.6 Å². The molecule has 2 aromatic rings. The fourth-order valence-corrected chi connectivity index (χ4v) is 2.44. The summed E-state index contributed by atoms with van der Waals surface area (Å²) in [5.74, 6) is 1.39. The Labute approximate surface area is 159 Å². The van der Waals surface area contributed by atoms with Crippen LogP contribution in [0.25, 0.3) is 0 Å². The van der Waals surface area contributed by atoms with Crippen LogP contribution >= 0.6 is 0 Å². The van der Waals surface area contributed by atoms with Crippen molar-refractivity contribution >= 4 is 17.6 Å². The molecule has 0 saturated heterocycles. The number of phenols is 1. The molecule has 0 saturated carbocycles. The van der Waals surface area contributed by atoms with Crippen molar-refractivity contribution in [1.29, 1.82) is 0 Å². The summed E-state index contributed by atoms with van der Waals surface area (Å²) in [5.41, 5.74) is 1.72. The van der Waals surface area contributed by atoms with Crippen molar-refractivity contribution < 1.29 is 14.6 Å². The van der Waals surface area contributed by atoms with E-state index in [1.165, 1.54) is 12.1 Å². The first kappa shape index (κ1) is 20.1. The molecule has 0 radical (unpaired) electrons. The summed E-state index contributed by atoms with van der Waals surface area (Å²) in [6, 6.07) is 14.1. The third kappa shape index (κ3) is 6.54. The summed E-state index contributed by atoms with van der Waals surface area (Å²) >= 11 is 0. The smallest absolute Gasteiger partial charge is 0.246 e. The van der Waals surface area contributed by atoms with Gasteiger partial charge in [-0.25, -0.2) is 4.99 Å². The lowest BCUT2D eigenvalue weighted by molar-refractivity contribution is -0.114. The summed E-state index contributed by atoms with van der Waals surface area (Å²) < 4.78 is 5.17. The topological polar surface area (TPSA) is 86.2 Å². The molecule has 0 heterocycles. The van der Waals surface area contributed by atoms with Crippen LogP contribution < -0.4 is 15.4 Å². The molecule has 0 aliphatic heterocycles. The second-order valence-electron chi connectivity index (χ2n) is 5.97. The summed E-state index contributed by atoms with van der Waals surface area (Å²) in [4.78, 5) is 18.5. The van der Waals surface area contributed by atoms with E-state index in [4.69, 9.17) is 4.74 Å². The Bertz CT molecular complexity index is 758. The molecular weight excluding hydrogens is 344 g/mol. The Hall–Kier alpha value is -3.22. The second-order valence-corrected chi connectivity index (χ2v) is 5.97. The highest BCUT2D eigenvalue weighted by molar-refractivity contribution is 5.94. The van der Waals surface area contributed by atoms with E-state index in [1.54, 1.807) is 19.2 Å². The Kier molecular flexibility index (Phi) is 7.49. The van der Waals surface area contributed by atoms with Crippen LogP contribution in [0.4, 0.5) is 5.69 Å². The molecule has 27 heavy (non-hydrogen) atoms. The Morgan fingerprint density at radius 1 is 1.15 bits per heavy atom. The molecule has 3 N–H and O–H groups in total. The van der Waals surface area contributed by atoms with Crippen LogP contribution in [0.1, 0.15) is 12.5 Å². The molecule has 2 rings (SSSR count). The first-order chi connectivity index (χ1) is 13.0. The largest absolute Gasteiger partial charge is 0.508 e. The van der Waals surface area contributed by atoms with Gasteiger partial charge in [-0.1, -0.05) is 12.1 Å². The van der Waals surface area contributed by atoms with Crippen molar-refractivity contribution in [2.45, 2.75) is 13.5 Å². The SMILES string of the molecule is CCNC(=NCC(=O)Nc1ccc(O)cc1)N(C)Cc1ccc(OC)cc1. The third-order valence-corrected chi connectivity index (χ3v) is 3.80. The highest BCUT2D eigenvalue weighted by atomic mass is 16.5. The predicted octanol–water partition coefficient (Wildman–Crippen LogP) is 2.44. The van der Waals surface area contributed by atoms with Crippen LogP contribution in [0.15, 0.2) is 53.5 Å². The van der Waals surface area contributed by atoms with Crippen LogP contribution in [-0.4, -0.2) is 49.1 Å². The van der Waals surface area contributed by atoms with Crippen LogP contribution in [0, 0.1) is 0 Å². The van der Waals surface area contributed by atoms with E-state index in [1.807, 2.05) is 43.1 Å². The number of amides is 1. The van der Waals surface area contributed by atoms with Gasteiger partial charge in [-0.3, -0.25) is 4.79 Å². The van der Waals surface area contributed by atoms with E-state index in [2.05, 4.69) is 15.6 Å². The fraction of sp³-hybridized carbons (Fsp3) is 0.300. The van der Waals surface area contributed by atoms with Gasteiger partial charge in [0.2, 0.25) is 5.91 Å². The van der Waals surface area contributed by atoms with Crippen molar-refractivity contribution in [3.8, 4) is 11.5 Å². The molecule has 0 fully saturated rings. The average Bonchev–Trinajstić information content (AvgIpc) is 2.67. The minimum atomic E-state index is -0.228. The van der Waals surface area contributed by atoms with E-state index in [0.717, 1.165) is 11.3 Å². The number of rotatable bonds is 7. The molecule has 0 bridgehead atoms. The van der Waals surface area contributed by atoms with Gasteiger partial charge in [0.15, 0.2) is 5.96 Å². The number of aromatic hydroxyl groups is 1. The quantitative estimate of drug-likeness (QED) is 0.396. The predicted molar refractivity (Wildman–Crippen MR) is 107 cm³/mol. The van der Waals surface area contributed by atoms with Gasteiger partial charge >= 0.3 is 0 Å². The summed E-state index contributed by atoms with van der Waals surface area (Å²) in [6.07, 6.45) is 0. The van der Waals surface area contributed by atoms with E-state index in [-0.39, 0.29) is 18.2 Å². The lowest BCUT2D eigenvalue weighted by Crippen LogP contribution is -2.39. The van der Waals surface area contributed by atoms with Crippen molar-refractivity contribution in [3.63, 3.8) is 0 Å². The average molecular weight is 370 g/mol. The number of aliphatic imine (C=N–C) groups is 1. The van der Waals surface area contributed by atoms with Gasteiger partial charge in [-0.15, -0.1) is 0 Å². The highest BCUT2D eigenvalue weighted by Gasteiger charge is 2.08. The zero-order chi connectivity index (χ0) is 19.6. The standard InChI is InChI=1S/C20H26N4O3/c1-4-21-20(24(2)14-15-5-11-18(27-3)12-6-15)22-13-19(26)23-16-7-9-17(25)10-8-16/h5-12,25H,4,13-14H2,1-3H3,(H,21,22)(H,23,26). The number of nitrogens with zero attached hydrogens (tertiary/aromatic N) is 2. The molecule has 2 aromatic carbocycles. The number of ether oxygens (including phenoxy) is 1. The lowest BCUT2D eigenvalue weighted by Gasteiger charge is -2.22. The van der Waals surface area contributed by atoms with Crippen LogP contribution in [-0.2, 0) is 11.3 Å². The third-order valence-electron chi connectivity index (χ3n) is 3.80. The second kappa shape index (κ2) is 10.1. The Balaban J connectivity index is 1.96. The molecule has 7 nitrogen and oxygen atoms in total. The molecular formula is C20H26N4O3. The number of benzene rings is 2. The number of phenolic OH excluding ortho intramolecular Hbond substituents is 1. The van der Waals surface area contributed by atoms with E-state index < -0.39 is 0 Å². The number of methoxy groups -OCH3 is 1. The fourth-order valence-electron chi connectivity index (χ4n) is 2.44. The number of hydrogen-bond acceptors (Lipinski definition) is 4. The van der Waals surface area contributed by atoms with Gasteiger partial charge in [0.25, 0.3) is 0 Å². The maximum atomic E-state index is 12.1. The van der Waals surface area contributed by atoms with Gasteiger partial charge in [0, 0.05) is 25.8 Å². The zero-order valence-corrected chi connectivity index (χ0v) is 15.9. The molecule has 0 aliphatic rings. The number of guanidine groups is 1. The maximum absolute atomic E-state index is 12.1. The molecule has 0 atom stereocenters. The van der Waals surface area contributed by atoms with Crippen LogP contribution in [0.5, 0.6) is 11.5 Å². The van der Waals surface area contributed by atoms with Gasteiger partial charge in [-0.2, -0.15) is 0 Å². The molecule has 7 heteroatoms. The molecule has 144 valence electrons. The van der Waals surface area contributed by atoms with Crippen molar-refractivity contribution in [1.82, 2.24) is 10.2 Å². The van der Waals surface area contributed by atoms with Crippen molar-refractivity contribution in [3.05, 3.63) is 54.1 Å². The lowest BCUT2D eigenvalue weighted by atomic mass is 10.2. The molecule has 0 unspecified atom stereocenters. The number of hydrogen-bond donors (Lipinski definition) is 3. The Morgan fingerprint density at radius 3 is 2.41 bits per heavy atom. The monoisotopic (exact) mass is 370 g/mol. The number of anilines is 1.